The lowest BCUT2D eigenvalue weighted by Crippen LogP contribution is -2.29. The SMILES string of the molecule is Cc1ccc(NC(=O)NCCCC(=O)O)cc1Cl. The predicted octanol–water partition coefficient (Wildman–Crippen LogP) is 2.63. The molecule has 0 radical (unpaired) electrons. The number of benzene rings is 1. The smallest absolute Gasteiger partial charge is 0.319 e. The van der Waals surface area contributed by atoms with Gasteiger partial charge >= 0.3 is 12.0 Å². The standard InChI is InChI=1S/C12H15ClN2O3/c1-8-4-5-9(7-10(8)13)15-12(18)14-6-2-3-11(16)17/h4-5,7H,2-3,6H2,1H3,(H,16,17)(H2,14,15,18). The molecule has 0 spiro atoms. The molecule has 6 heteroatoms. The second-order valence-corrected chi connectivity index (χ2v) is 4.25. The van der Waals surface area contributed by atoms with Crippen molar-refractivity contribution < 1.29 is 14.7 Å². The average Bonchev–Trinajstić information content (AvgIpc) is 2.29. The Morgan fingerprint density at radius 2 is 2.11 bits per heavy atom. The highest BCUT2D eigenvalue weighted by Gasteiger charge is 2.03. The monoisotopic (exact) mass is 270 g/mol. The number of aryl methyl sites for hydroxylation is 1. The summed E-state index contributed by atoms with van der Waals surface area (Å²) in [4.78, 5) is 21.7. The second-order valence-electron chi connectivity index (χ2n) is 3.84. The van der Waals surface area contributed by atoms with E-state index in [1.54, 1.807) is 12.1 Å². The number of carboxylic acids is 1. The van der Waals surface area contributed by atoms with E-state index in [0.717, 1.165) is 5.56 Å². The number of carbonyl (C=O) groups is 2. The molecule has 1 aromatic rings. The van der Waals surface area contributed by atoms with E-state index in [1.165, 1.54) is 0 Å². The van der Waals surface area contributed by atoms with Gasteiger partial charge in [0.05, 0.1) is 0 Å². The van der Waals surface area contributed by atoms with Crippen molar-refractivity contribution >= 4 is 29.3 Å². The molecule has 98 valence electrons. The maximum absolute atomic E-state index is 11.4. The van der Waals surface area contributed by atoms with Gasteiger partial charge in [0, 0.05) is 23.7 Å². The van der Waals surface area contributed by atoms with Crippen LogP contribution in [0.4, 0.5) is 10.5 Å². The minimum atomic E-state index is -0.873. The van der Waals surface area contributed by atoms with Gasteiger partial charge in [0.25, 0.3) is 0 Å². The molecule has 3 N–H and O–H groups in total. The molecule has 0 bridgehead atoms. The summed E-state index contributed by atoms with van der Waals surface area (Å²) >= 11 is 5.92. The summed E-state index contributed by atoms with van der Waals surface area (Å²) in [6, 6.07) is 4.84. The van der Waals surface area contributed by atoms with E-state index < -0.39 is 5.97 Å². The summed E-state index contributed by atoms with van der Waals surface area (Å²) in [5.74, 6) is -0.873. The molecule has 0 saturated heterocycles. The van der Waals surface area contributed by atoms with Gasteiger partial charge in [-0.05, 0) is 31.0 Å². The van der Waals surface area contributed by atoms with Gasteiger partial charge in [-0.15, -0.1) is 0 Å². The number of anilines is 1. The van der Waals surface area contributed by atoms with Crippen LogP contribution in [0.1, 0.15) is 18.4 Å². The highest BCUT2D eigenvalue weighted by atomic mass is 35.5. The number of carbonyl (C=O) groups excluding carboxylic acids is 1. The van der Waals surface area contributed by atoms with Crippen LogP contribution in [0.3, 0.4) is 0 Å². The fourth-order valence-corrected chi connectivity index (χ4v) is 1.47. The van der Waals surface area contributed by atoms with Gasteiger partial charge in [-0.2, -0.15) is 0 Å². The average molecular weight is 271 g/mol. The predicted molar refractivity (Wildman–Crippen MR) is 70.1 cm³/mol. The molecule has 0 saturated carbocycles. The lowest BCUT2D eigenvalue weighted by Gasteiger charge is -2.08. The summed E-state index contributed by atoms with van der Waals surface area (Å²) in [6.45, 7) is 2.19. The lowest BCUT2D eigenvalue weighted by molar-refractivity contribution is -0.137. The van der Waals surface area contributed by atoms with Crippen molar-refractivity contribution in [3.8, 4) is 0 Å². The van der Waals surface area contributed by atoms with Crippen LogP contribution in [0.15, 0.2) is 18.2 Å². The topological polar surface area (TPSA) is 78.4 Å². The zero-order valence-electron chi connectivity index (χ0n) is 10.00. The zero-order chi connectivity index (χ0) is 13.5. The quantitative estimate of drug-likeness (QED) is 0.720. The maximum Gasteiger partial charge on any atom is 0.319 e. The fourth-order valence-electron chi connectivity index (χ4n) is 1.29. The Bertz CT molecular complexity index is 449. The molecular formula is C12H15ClN2O3. The number of rotatable bonds is 5. The van der Waals surface area contributed by atoms with Crippen LogP contribution in [0.25, 0.3) is 0 Å². The number of halogens is 1. The van der Waals surface area contributed by atoms with Gasteiger partial charge in [0.15, 0.2) is 0 Å². The third kappa shape index (κ3) is 5.05. The van der Waals surface area contributed by atoms with Gasteiger partial charge in [-0.3, -0.25) is 4.79 Å². The summed E-state index contributed by atoms with van der Waals surface area (Å²) in [6.07, 6.45) is 0.439. The van der Waals surface area contributed by atoms with Crippen LogP contribution < -0.4 is 10.6 Å². The summed E-state index contributed by atoms with van der Waals surface area (Å²) in [5.41, 5.74) is 1.53. The number of urea groups is 1. The van der Waals surface area contributed by atoms with Crippen LogP contribution in [0, 0.1) is 6.92 Å². The number of carboxylic acid groups (broad SMARTS) is 1. The van der Waals surface area contributed by atoms with E-state index in [1.807, 2.05) is 13.0 Å². The van der Waals surface area contributed by atoms with Crippen LogP contribution in [0.2, 0.25) is 5.02 Å². The van der Waals surface area contributed by atoms with Crippen LogP contribution in [-0.4, -0.2) is 23.7 Å². The molecule has 0 atom stereocenters. The molecule has 0 fully saturated rings. The minimum absolute atomic E-state index is 0.0383. The van der Waals surface area contributed by atoms with Crippen molar-refractivity contribution in [3.05, 3.63) is 28.8 Å². The van der Waals surface area contributed by atoms with Crippen LogP contribution in [-0.2, 0) is 4.79 Å². The van der Waals surface area contributed by atoms with E-state index in [2.05, 4.69) is 10.6 Å². The molecule has 1 aromatic carbocycles. The Kier molecular flexibility index (Phi) is 5.45. The molecule has 5 nitrogen and oxygen atoms in total. The first-order chi connectivity index (χ1) is 8.49. The number of nitrogens with one attached hydrogen (secondary N) is 2. The van der Waals surface area contributed by atoms with E-state index in [9.17, 15) is 9.59 Å². The minimum Gasteiger partial charge on any atom is -0.481 e. The third-order valence-electron chi connectivity index (χ3n) is 2.28. The van der Waals surface area contributed by atoms with Crippen molar-refractivity contribution in [2.24, 2.45) is 0 Å². The summed E-state index contributed by atoms with van der Waals surface area (Å²) in [5, 5.41) is 14.2. The van der Waals surface area contributed by atoms with Gasteiger partial charge < -0.3 is 15.7 Å². The van der Waals surface area contributed by atoms with Crippen molar-refractivity contribution in [3.63, 3.8) is 0 Å². The largest absolute Gasteiger partial charge is 0.481 e. The Hall–Kier alpha value is -1.75. The first kappa shape index (κ1) is 14.3. The number of amides is 2. The normalized spacial score (nSPS) is 9.89. The summed E-state index contributed by atoms with van der Waals surface area (Å²) < 4.78 is 0. The zero-order valence-corrected chi connectivity index (χ0v) is 10.8. The second kappa shape index (κ2) is 6.86. The summed E-state index contributed by atoms with van der Waals surface area (Å²) in [7, 11) is 0. The van der Waals surface area contributed by atoms with Crippen molar-refractivity contribution in [1.82, 2.24) is 5.32 Å². The molecule has 0 unspecified atom stereocenters. The lowest BCUT2D eigenvalue weighted by atomic mass is 10.2. The Labute approximate surface area is 110 Å². The molecule has 1 rings (SSSR count). The van der Waals surface area contributed by atoms with Gasteiger partial charge in [0.2, 0.25) is 0 Å². The van der Waals surface area contributed by atoms with E-state index in [4.69, 9.17) is 16.7 Å². The molecular weight excluding hydrogens is 256 g/mol. The van der Waals surface area contributed by atoms with Crippen LogP contribution >= 0.6 is 11.6 Å². The van der Waals surface area contributed by atoms with Gasteiger partial charge in [-0.1, -0.05) is 17.7 Å². The van der Waals surface area contributed by atoms with Crippen LogP contribution in [0.5, 0.6) is 0 Å². The number of hydrogen-bond acceptors (Lipinski definition) is 2. The molecule has 2 amide bonds. The first-order valence-corrected chi connectivity index (χ1v) is 5.89. The van der Waals surface area contributed by atoms with Crippen molar-refractivity contribution in [1.29, 1.82) is 0 Å². The molecule has 18 heavy (non-hydrogen) atoms. The molecule has 0 heterocycles. The molecule has 0 aliphatic rings. The van der Waals surface area contributed by atoms with E-state index in [-0.39, 0.29) is 12.5 Å². The highest BCUT2D eigenvalue weighted by Crippen LogP contribution is 2.19. The first-order valence-electron chi connectivity index (χ1n) is 5.52. The van der Waals surface area contributed by atoms with Crippen molar-refractivity contribution in [2.75, 3.05) is 11.9 Å². The molecule has 0 aliphatic carbocycles. The Balaban J connectivity index is 2.35. The highest BCUT2D eigenvalue weighted by molar-refractivity contribution is 6.31. The third-order valence-corrected chi connectivity index (χ3v) is 2.69. The van der Waals surface area contributed by atoms with E-state index >= 15 is 0 Å². The fraction of sp³-hybridized carbons (Fsp3) is 0.333. The molecule has 0 aromatic heterocycles. The Morgan fingerprint density at radius 1 is 1.39 bits per heavy atom. The number of aliphatic carboxylic acids is 1. The number of hydrogen-bond donors (Lipinski definition) is 3. The van der Waals surface area contributed by atoms with Gasteiger partial charge in [-0.25, -0.2) is 4.79 Å². The van der Waals surface area contributed by atoms with Gasteiger partial charge in [0.1, 0.15) is 0 Å². The molecule has 0 aliphatic heterocycles. The van der Waals surface area contributed by atoms with E-state index in [0.29, 0.717) is 23.7 Å². The van der Waals surface area contributed by atoms with Crippen molar-refractivity contribution in [2.45, 2.75) is 19.8 Å². The Morgan fingerprint density at radius 3 is 2.72 bits per heavy atom. The maximum atomic E-state index is 11.4.